The molecule has 1 N–H and O–H groups in total. The summed E-state index contributed by atoms with van der Waals surface area (Å²) in [6.07, 6.45) is 0. The van der Waals surface area contributed by atoms with Gasteiger partial charge in [0.15, 0.2) is 5.96 Å². The van der Waals surface area contributed by atoms with Crippen LogP contribution in [0, 0.1) is 0 Å². The molecule has 0 unspecified atom stereocenters. The highest BCUT2D eigenvalue weighted by atomic mass is 127. The van der Waals surface area contributed by atoms with Crippen LogP contribution in [-0.2, 0) is 4.79 Å². The van der Waals surface area contributed by atoms with Crippen LogP contribution in [0.2, 0.25) is 0 Å². The zero-order valence-corrected chi connectivity index (χ0v) is 18.0. The van der Waals surface area contributed by atoms with Crippen LogP contribution in [0.5, 0.6) is 0 Å². The Labute approximate surface area is 158 Å². The number of likely N-dealkylation sites (N-methyl/N-ethyl adjacent to an activating group) is 1. The van der Waals surface area contributed by atoms with Gasteiger partial charge in [-0.1, -0.05) is 6.92 Å². The van der Waals surface area contributed by atoms with Crippen molar-refractivity contribution < 1.29 is 4.79 Å². The first-order valence-electron chi connectivity index (χ1n) is 8.19. The molecule has 1 saturated heterocycles. The van der Waals surface area contributed by atoms with Crippen LogP contribution in [-0.4, -0.2) is 85.0 Å². The maximum atomic E-state index is 12.5. The Bertz CT molecular complexity index is 411. The van der Waals surface area contributed by atoms with Crippen LogP contribution in [0.25, 0.3) is 0 Å². The molecule has 1 aliphatic rings. The standard InChI is InChI=1S/C16H33N5O.HI/c1-8-19(7)10-9-18-15(17-6)20-11-14(22)21(13(2)3)16(4,5)12-20;/h13H,8-12H2,1-7H3,(H,17,18);1H. The monoisotopic (exact) mass is 439 g/mol. The summed E-state index contributed by atoms with van der Waals surface area (Å²) in [7, 11) is 3.87. The van der Waals surface area contributed by atoms with Crippen molar-refractivity contribution in [1.29, 1.82) is 0 Å². The van der Waals surface area contributed by atoms with Gasteiger partial charge in [-0.05, 0) is 41.3 Å². The molecule has 23 heavy (non-hydrogen) atoms. The maximum absolute atomic E-state index is 12.5. The number of hydrogen-bond donors (Lipinski definition) is 1. The highest BCUT2D eigenvalue weighted by Crippen LogP contribution is 2.24. The summed E-state index contributed by atoms with van der Waals surface area (Å²) in [5.74, 6) is 0.981. The first-order chi connectivity index (χ1) is 10.2. The Morgan fingerprint density at radius 3 is 2.48 bits per heavy atom. The van der Waals surface area contributed by atoms with Crippen molar-refractivity contribution in [2.75, 3.05) is 46.8 Å². The maximum Gasteiger partial charge on any atom is 0.242 e. The summed E-state index contributed by atoms with van der Waals surface area (Å²) in [5, 5.41) is 3.37. The predicted octanol–water partition coefficient (Wildman–Crippen LogP) is 1.46. The third kappa shape index (κ3) is 6.10. The number of piperazine rings is 1. The van der Waals surface area contributed by atoms with Crippen molar-refractivity contribution >= 4 is 35.8 Å². The molecule has 0 spiro atoms. The average molecular weight is 439 g/mol. The number of rotatable bonds is 5. The zero-order chi connectivity index (χ0) is 16.9. The van der Waals surface area contributed by atoms with Crippen LogP contribution < -0.4 is 5.32 Å². The molecule has 7 heteroatoms. The molecule has 0 aromatic heterocycles. The molecule has 0 aromatic carbocycles. The van der Waals surface area contributed by atoms with E-state index in [1.54, 1.807) is 7.05 Å². The Hall–Kier alpha value is -0.570. The normalized spacial score (nSPS) is 18.5. The Kier molecular flexibility index (Phi) is 9.42. The van der Waals surface area contributed by atoms with E-state index in [4.69, 9.17) is 0 Å². The second kappa shape index (κ2) is 9.66. The fourth-order valence-corrected chi connectivity index (χ4v) is 3.16. The Morgan fingerprint density at radius 1 is 1.43 bits per heavy atom. The third-order valence-corrected chi connectivity index (χ3v) is 4.17. The van der Waals surface area contributed by atoms with E-state index < -0.39 is 0 Å². The molecule has 1 aliphatic heterocycles. The van der Waals surface area contributed by atoms with Crippen LogP contribution in [0.1, 0.15) is 34.6 Å². The van der Waals surface area contributed by atoms with E-state index in [1.165, 1.54) is 0 Å². The third-order valence-electron chi connectivity index (χ3n) is 4.17. The summed E-state index contributed by atoms with van der Waals surface area (Å²) in [6, 6.07) is 0.220. The van der Waals surface area contributed by atoms with Crippen molar-refractivity contribution in [1.82, 2.24) is 20.0 Å². The lowest BCUT2D eigenvalue weighted by atomic mass is 9.96. The largest absolute Gasteiger partial charge is 0.355 e. The lowest BCUT2D eigenvalue weighted by Gasteiger charge is -2.49. The van der Waals surface area contributed by atoms with Gasteiger partial charge < -0.3 is 20.0 Å². The van der Waals surface area contributed by atoms with Gasteiger partial charge in [0.2, 0.25) is 5.91 Å². The quantitative estimate of drug-likeness (QED) is 0.401. The van der Waals surface area contributed by atoms with Gasteiger partial charge in [0.05, 0.1) is 12.1 Å². The van der Waals surface area contributed by atoms with Crippen molar-refractivity contribution in [3.05, 3.63) is 0 Å². The molecular weight excluding hydrogens is 405 g/mol. The van der Waals surface area contributed by atoms with Crippen molar-refractivity contribution in [3.63, 3.8) is 0 Å². The fraction of sp³-hybridized carbons (Fsp3) is 0.875. The molecular formula is C16H34IN5O. The number of nitrogens with one attached hydrogen (secondary N) is 1. The van der Waals surface area contributed by atoms with Crippen LogP contribution in [0.15, 0.2) is 4.99 Å². The number of guanidine groups is 1. The average Bonchev–Trinajstić information content (AvgIpc) is 2.40. The first kappa shape index (κ1) is 22.4. The minimum Gasteiger partial charge on any atom is -0.355 e. The van der Waals surface area contributed by atoms with Crippen molar-refractivity contribution in [2.45, 2.75) is 46.2 Å². The number of nitrogens with zero attached hydrogens (tertiary/aromatic N) is 4. The van der Waals surface area contributed by atoms with E-state index in [1.807, 2.05) is 4.90 Å². The minimum absolute atomic E-state index is 0. The van der Waals surface area contributed by atoms with Crippen molar-refractivity contribution in [2.24, 2.45) is 4.99 Å². The van der Waals surface area contributed by atoms with Crippen LogP contribution >= 0.6 is 24.0 Å². The van der Waals surface area contributed by atoms with Gasteiger partial charge in [-0.3, -0.25) is 9.79 Å². The van der Waals surface area contributed by atoms with Crippen LogP contribution in [0.3, 0.4) is 0 Å². The molecule has 0 atom stereocenters. The van der Waals surface area contributed by atoms with Gasteiger partial charge in [-0.15, -0.1) is 24.0 Å². The number of amides is 1. The molecule has 0 bridgehead atoms. The van der Waals surface area contributed by atoms with E-state index in [-0.39, 0.29) is 41.5 Å². The van der Waals surface area contributed by atoms with Crippen LogP contribution in [0.4, 0.5) is 0 Å². The molecule has 0 saturated carbocycles. The van der Waals surface area contributed by atoms with Gasteiger partial charge >= 0.3 is 0 Å². The molecule has 1 amide bonds. The summed E-state index contributed by atoms with van der Waals surface area (Å²) >= 11 is 0. The first-order valence-corrected chi connectivity index (χ1v) is 8.19. The highest BCUT2D eigenvalue weighted by molar-refractivity contribution is 14.0. The van der Waals surface area contributed by atoms with E-state index in [0.29, 0.717) is 6.54 Å². The molecule has 1 fully saturated rings. The second-order valence-electron chi connectivity index (χ2n) is 6.90. The molecule has 0 aliphatic carbocycles. The predicted molar refractivity (Wildman–Crippen MR) is 108 cm³/mol. The molecule has 136 valence electrons. The zero-order valence-electron chi connectivity index (χ0n) is 15.7. The Morgan fingerprint density at radius 2 is 2.04 bits per heavy atom. The number of hydrogen-bond acceptors (Lipinski definition) is 3. The highest BCUT2D eigenvalue weighted by Gasteiger charge is 2.40. The van der Waals surface area contributed by atoms with Gasteiger partial charge in [0.25, 0.3) is 0 Å². The smallest absolute Gasteiger partial charge is 0.242 e. The number of carbonyl (C=O) groups excluding carboxylic acids is 1. The minimum atomic E-state index is -0.193. The number of halogens is 1. The summed E-state index contributed by atoms with van der Waals surface area (Å²) < 4.78 is 0. The van der Waals surface area contributed by atoms with Crippen molar-refractivity contribution in [3.8, 4) is 0 Å². The SMILES string of the molecule is CCN(C)CCNC(=NC)N1CC(=O)N(C(C)C)C(C)(C)C1.I. The number of carbonyl (C=O) groups is 1. The second-order valence-corrected chi connectivity index (χ2v) is 6.90. The van der Waals surface area contributed by atoms with Gasteiger partial charge in [0.1, 0.15) is 0 Å². The molecule has 0 radical (unpaired) electrons. The topological polar surface area (TPSA) is 51.2 Å². The molecule has 1 rings (SSSR count). The summed E-state index contributed by atoms with van der Waals surface area (Å²) in [5.41, 5.74) is -0.193. The summed E-state index contributed by atoms with van der Waals surface area (Å²) in [4.78, 5) is 23.1. The lowest BCUT2D eigenvalue weighted by molar-refractivity contribution is -0.145. The Balaban J connectivity index is 0.00000484. The molecule has 1 heterocycles. The van der Waals surface area contributed by atoms with Gasteiger partial charge in [0, 0.05) is 32.7 Å². The van der Waals surface area contributed by atoms with E-state index >= 15 is 0 Å². The van der Waals surface area contributed by atoms with E-state index in [9.17, 15) is 4.79 Å². The summed E-state index contributed by atoms with van der Waals surface area (Å²) in [6.45, 7) is 14.5. The molecule has 0 aromatic rings. The molecule has 6 nitrogen and oxygen atoms in total. The lowest BCUT2D eigenvalue weighted by Crippen LogP contribution is -2.66. The number of aliphatic imine (C=N–C) groups is 1. The van der Waals surface area contributed by atoms with E-state index in [2.05, 4.69) is 61.8 Å². The van der Waals surface area contributed by atoms with E-state index in [0.717, 1.165) is 32.1 Å². The van der Waals surface area contributed by atoms with Gasteiger partial charge in [-0.2, -0.15) is 0 Å². The fourth-order valence-electron chi connectivity index (χ4n) is 3.16. The van der Waals surface area contributed by atoms with Gasteiger partial charge in [-0.25, -0.2) is 0 Å².